The fourth-order valence-corrected chi connectivity index (χ4v) is 3.04. The van der Waals surface area contributed by atoms with Gasteiger partial charge in [-0.3, -0.25) is 0 Å². The van der Waals surface area contributed by atoms with Crippen LogP contribution in [0.1, 0.15) is 106 Å². The number of unbranched alkanes of at least 4 members (excludes halogenated alkanes) is 3. The number of alkyl carbamates (subject to hydrolysis) is 1. The smallest absolute Gasteiger partial charge is 0.407 e. The van der Waals surface area contributed by atoms with E-state index >= 15 is 0 Å². The van der Waals surface area contributed by atoms with Crippen molar-refractivity contribution in [2.24, 2.45) is 0 Å². The molecule has 172 valence electrons. The molecular formula is C27H47NO2. The van der Waals surface area contributed by atoms with Crippen LogP contribution < -0.4 is 5.32 Å². The molecule has 0 saturated carbocycles. The predicted octanol–water partition coefficient (Wildman–Crippen LogP) is 8.44. The van der Waals surface area contributed by atoms with Crippen LogP contribution in [-0.4, -0.2) is 19.2 Å². The topological polar surface area (TPSA) is 38.3 Å². The third-order valence-corrected chi connectivity index (χ3v) is 5.10. The van der Waals surface area contributed by atoms with Gasteiger partial charge in [-0.05, 0) is 85.6 Å². The zero-order chi connectivity index (χ0) is 22.6. The minimum Gasteiger partial charge on any atom is -0.445 e. The van der Waals surface area contributed by atoms with Gasteiger partial charge in [-0.25, -0.2) is 4.79 Å². The van der Waals surface area contributed by atoms with E-state index in [4.69, 9.17) is 4.74 Å². The van der Waals surface area contributed by atoms with Crippen LogP contribution in [0, 0.1) is 0 Å². The van der Waals surface area contributed by atoms with Crippen molar-refractivity contribution in [3.63, 3.8) is 0 Å². The molecule has 0 fully saturated rings. The first kappa shape index (κ1) is 28.2. The summed E-state index contributed by atoms with van der Waals surface area (Å²) in [4.78, 5) is 11.6. The molecular weight excluding hydrogens is 370 g/mol. The molecule has 1 amide bonds. The Balaban J connectivity index is 3.92. The second-order valence-corrected chi connectivity index (χ2v) is 8.63. The van der Waals surface area contributed by atoms with Gasteiger partial charge in [-0.15, -0.1) is 0 Å². The van der Waals surface area contributed by atoms with Gasteiger partial charge in [0.05, 0.1) is 0 Å². The maximum atomic E-state index is 11.6. The van der Waals surface area contributed by atoms with Crippen LogP contribution >= 0.6 is 0 Å². The molecule has 0 aromatic rings. The Morgan fingerprint density at radius 3 is 1.80 bits per heavy atom. The Kier molecular flexibility index (Phi) is 18.1. The largest absolute Gasteiger partial charge is 0.445 e. The van der Waals surface area contributed by atoms with E-state index < -0.39 is 0 Å². The number of hydrogen-bond acceptors (Lipinski definition) is 2. The minimum absolute atomic E-state index is 0.310. The lowest BCUT2D eigenvalue weighted by Gasteiger charge is -2.06. The molecule has 3 heteroatoms. The molecule has 0 rings (SSSR count). The van der Waals surface area contributed by atoms with E-state index in [0.717, 1.165) is 51.4 Å². The Hall–Kier alpha value is -1.77. The molecule has 0 unspecified atom stereocenters. The predicted molar refractivity (Wildman–Crippen MR) is 132 cm³/mol. The summed E-state index contributed by atoms with van der Waals surface area (Å²) in [5.41, 5.74) is 5.61. The van der Waals surface area contributed by atoms with Gasteiger partial charge < -0.3 is 10.1 Å². The van der Waals surface area contributed by atoms with Crippen LogP contribution in [0.25, 0.3) is 0 Å². The van der Waals surface area contributed by atoms with E-state index in [2.05, 4.69) is 65.1 Å². The second-order valence-electron chi connectivity index (χ2n) is 8.63. The lowest BCUT2D eigenvalue weighted by Crippen LogP contribution is -2.25. The van der Waals surface area contributed by atoms with Gasteiger partial charge in [0.1, 0.15) is 6.61 Å². The van der Waals surface area contributed by atoms with Crippen molar-refractivity contribution in [1.82, 2.24) is 5.32 Å². The molecule has 0 heterocycles. The maximum absolute atomic E-state index is 11.6. The van der Waals surface area contributed by atoms with Gasteiger partial charge in [0.2, 0.25) is 0 Å². The lowest BCUT2D eigenvalue weighted by molar-refractivity contribution is 0.158. The molecule has 0 saturated heterocycles. The molecule has 0 aliphatic carbocycles. The quantitative estimate of drug-likeness (QED) is 0.202. The average molecular weight is 418 g/mol. The number of amides is 1. The van der Waals surface area contributed by atoms with Crippen molar-refractivity contribution < 1.29 is 9.53 Å². The zero-order valence-corrected chi connectivity index (χ0v) is 20.6. The normalized spacial score (nSPS) is 12.7. The molecule has 1 N–H and O–H groups in total. The van der Waals surface area contributed by atoms with Gasteiger partial charge in [-0.1, -0.05) is 66.7 Å². The van der Waals surface area contributed by atoms with Crippen LogP contribution in [0.4, 0.5) is 4.79 Å². The third-order valence-electron chi connectivity index (χ3n) is 5.10. The third kappa shape index (κ3) is 19.5. The summed E-state index contributed by atoms with van der Waals surface area (Å²) in [5, 5.41) is 2.81. The number of carbonyl (C=O) groups excluding carboxylic acids is 1. The molecule has 0 bridgehead atoms. The van der Waals surface area contributed by atoms with E-state index in [1.165, 1.54) is 35.1 Å². The van der Waals surface area contributed by atoms with Gasteiger partial charge >= 0.3 is 6.09 Å². The van der Waals surface area contributed by atoms with Gasteiger partial charge in [0, 0.05) is 6.54 Å². The van der Waals surface area contributed by atoms with Gasteiger partial charge in [0.15, 0.2) is 0 Å². The van der Waals surface area contributed by atoms with Crippen LogP contribution in [0.5, 0.6) is 0 Å². The van der Waals surface area contributed by atoms with Crippen LogP contribution in [0.15, 0.2) is 46.6 Å². The van der Waals surface area contributed by atoms with Gasteiger partial charge in [0.25, 0.3) is 0 Å². The summed E-state index contributed by atoms with van der Waals surface area (Å²) < 4.78 is 5.21. The van der Waals surface area contributed by atoms with E-state index in [1.54, 1.807) is 0 Å². The number of carbonyl (C=O) groups is 1. The second kappa shape index (κ2) is 19.2. The van der Waals surface area contributed by atoms with Crippen LogP contribution in [0.2, 0.25) is 0 Å². The summed E-state index contributed by atoms with van der Waals surface area (Å²) in [7, 11) is 0. The molecule has 0 aromatic heterocycles. The molecule has 0 spiro atoms. The van der Waals surface area contributed by atoms with Crippen molar-refractivity contribution in [2.75, 3.05) is 13.2 Å². The Morgan fingerprint density at radius 1 is 0.733 bits per heavy atom. The monoisotopic (exact) mass is 417 g/mol. The molecule has 0 aliphatic rings. The fraction of sp³-hybridized carbons (Fsp3) is 0.667. The van der Waals surface area contributed by atoms with Crippen LogP contribution in [0.3, 0.4) is 0 Å². The molecule has 0 aliphatic heterocycles. The van der Waals surface area contributed by atoms with E-state index in [9.17, 15) is 4.79 Å². The molecule has 3 nitrogen and oxygen atoms in total. The number of ether oxygens (including phenoxy) is 1. The molecule has 0 radical (unpaired) electrons. The summed E-state index contributed by atoms with van der Waals surface area (Å²) in [6.45, 7) is 14.1. The summed E-state index contributed by atoms with van der Waals surface area (Å²) >= 11 is 0. The van der Waals surface area contributed by atoms with Crippen molar-refractivity contribution >= 4 is 6.09 Å². The number of nitrogens with one attached hydrogen (secondary N) is 1. The van der Waals surface area contributed by atoms with E-state index in [0.29, 0.717) is 13.2 Å². The SMILES string of the molecule is CCCCCCNC(=O)OC/C=C(\C)CC/C=C(\C)CC/C=C(\C)CCC=C(C)C. The molecule has 0 aromatic carbocycles. The zero-order valence-electron chi connectivity index (χ0n) is 20.6. The highest BCUT2D eigenvalue weighted by Gasteiger charge is 1.99. The first-order chi connectivity index (χ1) is 14.3. The standard InChI is InChI=1S/C27H47NO2/c1-7-8-9-10-21-28-27(29)30-22-20-26(6)19-13-18-25(5)17-12-16-24(4)15-11-14-23(2)3/h14,16,18,20H,7-13,15,17,19,21-22H2,1-6H3,(H,28,29)/b24-16+,25-18+,26-20+. The first-order valence-corrected chi connectivity index (χ1v) is 11.9. The van der Waals surface area contributed by atoms with Crippen molar-refractivity contribution in [1.29, 1.82) is 0 Å². The number of rotatable bonds is 16. The highest BCUT2D eigenvalue weighted by molar-refractivity contribution is 5.67. The summed E-state index contributed by atoms with van der Waals surface area (Å²) in [6.07, 6.45) is 20.0. The number of hydrogen-bond donors (Lipinski definition) is 1. The Morgan fingerprint density at radius 2 is 1.27 bits per heavy atom. The minimum atomic E-state index is -0.310. The van der Waals surface area contributed by atoms with Crippen molar-refractivity contribution in [2.45, 2.75) is 106 Å². The summed E-state index contributed by atoms with van der Waals surface area (Å²) in [6, 6.07) is 0. The molecule has 30 heavy (non-hydrogen) atoms. The Labute approximate surface area is 186 Å². The fourth-order valence-electron chi connectivity index (χ4n) is 3.04. The average Bonchev–Trinajstić information content (AvgIpc) is 2.67. The van der Waals surface area contributed by atoms with Crippen molar-refractivity contribution in [3.05, 3.63) is 46.6 Å². The van der Waals surface area contributed by atoms with Gasteiger partial charge in [-0.2, -0.15) is 0 Å². The van der Waals surface area contributed by atoms with Crippen LogP contribution in [-0.2, 0) is 4.74 Å². The highest BCUT2D eigenvalue weighted by atomic mass is 16.5. The Bertz CT molecular complexity index is 578. The number of allylic oxidation sites excluding steroid dienone is 7. The molecule has 0 atom stereocenters. The maximum Gasteiger partial charge on any atom is 0.407 e. The first-order valence-electron chi connectivity index (χ1n) is 11.9. The highest BCUT2D eigenvalue weighted by Crippen LogP contribution is 2.13. The lowest BCUT2D eigenvalue weighted by atomic mass is 10.0. The van der Waals surface area contributed by atoms with Crippen molar-refractivity contribution in [3.8, 4) is 0 Å². The summed E-state index contributed by atoms with van der Waals surface area (Å²) in [5.74, 6) is 0. The van der Waals surface area contributed by atoms with E-state index in [1.807, 2.05) is 6.08 Å². The van der Waals surface area contributed by atoms with E-state index in [-0.39, 0.29) is 6.09 Å².